The number of nitrogens with one attached hydrogen (secondary N) is 1. The first-order valence-corrected chi connectivity index (χ1v) is 9.12. The Hall–Kier alpha value is -2.57. The van der Waals surface area contributed by atoms with Crippen LogP contribution in [0, 0.1) is 0 Å². The minimum atomic E-state index is -1.09. The summed E-state index contributed by atoms with van der Waals surface area (Å²) in [5.41, 5.74) is -0.632. The summed E-state index contributed by atoms with van der Waals surface area (Å²) >= 11 is 0. The van der Waals surface area contributed by atoms with Crippen molar-refractivity contribution in [1.29, 1.82) is 0 Å². The molecule has 27 heavy (non-hydrogen) atoms. The van der Waals surface area contributed by atoms with Crippen molar-refractivity contribution in [2.75, 3.05) is 13.1 Å². The number of carboxylic acids is 1. The number of hydrogen-bond acceptors (Lipinski definition) is 4. The van der Waals surface area contributed by atoms with Gasteiger partial charge in [0.2, 0.25) is 5.91 Å². The highest BCUT2D eigenvalue weighted by atomic mass is 16.6. The normalized spacial score (nSPS) is 17.7. The zero-order chi connectivity index (χ0) is 20.2. The minimum Gasteiger partial charge on any atom is -0.480 e. The second-order valence-electron chi connectivity index (χ2n) is 7.95. The van der Waals surface area contributed by atoms with Gasteiger partial charge in [-0.25, -0.2) is 4.79 Å². The number of likely N-dealkylation sites (tertiary alicyclic amines) is 1. The number of hydrogen-bond donors (Lipinski definition) is 2. The summed E-state index contributed by atoms with van der Waals surface area (Å²) in [6.45, 7) is 7.59. The zero-order valence-electron chi connectivity index (χ0n) is 16.3. The van der Waals surface area contributed by atoms with Gasteiger partial charge in [-0.1, -0.05) is 30.3 Å². The molecule has 0 spiro atoms. The highest BCUT2D eigenvalue weighted by Crippen LogP contribution is 2.36. The van der Waals surface area contributed by atoms with Crippen LogP contribution in [0.15, 0.2) is 30.3 Å². The standard InChI is InChI=1S/C20H28N2O5/c1-14(16(23)24)21-17(25)20(15-8-6-5-7-9-15)10-12-22(13-11-20)18(26)27-19(2,3)4/h5-9,14H,10-13H2,1-4H3,(H,21,25)(H,23,24)/t14-/m1/s1. The smallest absolute Gasteiger partial charge is 0.410 e. The van der Waals surface area contributed by atoms with Crippen LogP contribution in [0.25, 0.3) is 0 Å². The SMILES string of the molecule is C[C@@H](NC(=O)C1(c2ccccc2)CCN(C(=O)OC(C)(C)C)CC1)C(=O)O. The number of carboxylic acid groups (broad SMARTS) is 1. The fraction of sp³-hybridized carbons (Fsp3) is 0.550. The third-order valence-corrected chi connectivity index (χ3v) is 4.75. The van der Waals surface area contributed by atoms with Gasteiger partial charge in [-0.05, 0) is 46.1 Å². The van der Waals surface area contributed by atoms with Gasteiger partial charge < -0.3 is 20.1 Å². The number of ether oxygens (including phenoxy) is 1. The number of piperidine rings is 1. The quantitative estimate of drug-likeness (QED) is 0.842. The highest BCUT2D eigenvalue weighted by Gasteiger charge is 2.44. The topological polar surface area (TPSA) is 95.9 Å². The van der Waals surface area contributed by atoms with Gasteiger partial charge in [0.25, 0.3) is 0 Å². The summed E-state index contributed by atoms with van der Waals surface area (Å²) in [5, 5.41) is 11.7. The molecule has 148 valence electrons. The summed E-state index contributed by atoms with van der Waals surface area (Å²) in [5.74, 6) is -1.41. The predicted octanol–water partition coefficient (Wildman–Crippen LogP) is 2.54. The molecular formula is C20H28N2O5. The van der Waals surface area contributed by atoms with E-state index < -0.39 is 29.1 Å². The Bertz CT molecular complexity index is 688. The van der Waals surface area contributed by atoms with Crippen LogP contribution in [-0.2, 0) is 19.7 Å². The second-order valence-corrected chi connectivity index (χ2v) is 7.95. The maximum Gasteiger partial charge on any atom is 0.410 e. The lowest BCUT2D eigenvalue weighted by atomic mass is 9.72. The van der Waals surface area contributed by atoms with Gasteiger partial charge in [-0.15, -0.1) is 0 Å². The van der Waals surface area contributed by atoms with Gasteiger partial charge in [0.15, 0.2) is 0 Å². The van der Waals surface area contributed by atoms with Crippen molar-refractivity contribution in [3.8, 4) is 0 Å². The van der Waals surface area contributed by atoms with Gasteiger partial charge in [0, 0.05) is 13.1 Å². The number of nitrogens with zero attached hydrogens (tertiary/aromatic N) is 1. The van der Waals surface area contributed by atoms with Crippen LogP contribution in [0.5, 0.6) is 0 Å². The van der Waals surface area contributed by atoms with E-state index in [1.165, 1.54) is 6.92 Å². The number of carbonyl (C=O) groups excluding carboxylic acids is 2. The molecule has 1 fully saturated rings. The lowest BCUT2D eigenvalue weighted by Crippen LogP contribution is -2.55. The third kappa shape index (κ3) is 4.99. The number of rotatable bonds is 4. The molecule has 1 saturated heterocycles. The molecule has 2 rings (SSSR count). The van der Waals surface area contributed by atoms with Crippen LogP contribution in [0.1, 0.15) is 46.1 Å². The first-order valence-electron chi connectivity index (χ1n) is 9.12. The molecule has 2 amide bonds. The molecule has 1 heterocycles. The number of carbonyl (C=O) groups is 3. The van der Waals surface area contributed by atoms with Crippen LogP contribution in [0.2, 0.25) is 0 Å². The van der Waals surface area contributed by atoms with E-state index in [-0.39, 0.29) is 5.91 Å². The monoisotopic (exact) mass is 376 g/mol. The molecule has 0 aromatic heterocycles. The Labute approximate surface area is 159 Å². The predicted molar refractivity (Wildman–Crippen MR) is 100 cm³/mol. The van der Waals surface area contributed by atoms with E-state index in [2.05, 4.69) is 5.32 Å². The van der Waals surface area contributed by atoms with Crippen molar-refractivity contribution >= 4 is 18.0 Å². The maximum absolute atomic E-state index is 13.0. The molecule has 1 aliphatic rings. The fourth-order valence-corrected chi connectivity index (χ4v) is 3.20. The van der Waals surface area contributed by atoms with E-state index in [0.717, 1.165) is 5.56 Å². The third-order valence-electron chi connectivity index (χ3n) is 4.75. The van der Waals surface area contributed by atoms with Crippen LogP contribution < -0.4 is 5.32 Å². The van der Waals surface area contributed by atoms with E-state index in [1.54, 1.807) is 4.90 Å². The molecule has 0 saturated carbocycles. The number of aliphatic carboxylic acids is 1. The van der Waals surface area contributed by atoms with Crippen molar-refractivity contribution in [2.45, 2.75) is 57.6 Å². The Balaban J connectivity index is 2.21. The van der Waals surface area contributed by atoms with E-state index in [0.29, 0.717) is 25.9 Å². The first-order chi connectivity index (χ1) is 12.5. The van der Waals surface area contributed by atoms with E-state index in [9.17, 15) is 14.4 Å². The van der Waals surface area contributed by atoms with Crippen molar-refractivity contribution in [1.82, 2.24) is 10.2 Å². The second kappa shape index (κ2) is 7.98. The molecule has 2 N–H and O–H groups in total. The molecule has 0 aliphatic carbocycles. The van der Waals surface area contributed by atoms with Crippen LogP contribution >= 0.6 is 0 Å². The first kappa shape index (κ1) is 20.7. The number of amides is 2. The molecule has 1 atom stereocenters. The molecule has 0 unspecified atom stereocenters. The van der Waals surface area contributed by atoms with E-state index >= 15 is 0 Å². The molecule has 1 aromatic rings. The average Bonchev–Trinajstić information content (AvgIpc) is 2.60. The lowest BCUT2D eigenvalue weighted by Gasteiger charge is -2.41. The van der Waals surface area contributed by atoms with Crippen LogP contribution in [0.4, 0.5) is 4.79 Å². The van der Waals surface area contributed by atoms with Gasteiger partial charge in [-0.2, -0.15) is 0 Å². The Morgan fingerprint density at radius 2 is 1.70 bits per heavy atom. The Morgan fingerprint density at radius 3 is 2.19 bits per heavy atom. The highest BCUT2D eigenvalue weighted by molar-refractivity contribution is 5.91. The number of benzene rings is 1. The lowest BCUT2D eigenvalue weighted by molar-refractivity contribution is -0.142. The van der Waals surface area contributed by atoms with Gasteiger partial charge in [0.05, 0.1) is 5.41 Å². The summed E-state index contributed by atoms with van der Waals surface area (Å²) in [4.78, 5) is 38.1. The maximum atomic E-state index is 13.0. The molecule has 1 aromatic carbocycles. The van der Waals surface area contributed by atoms with Crippen molar-refractivity contribution in [2.24, 2.45) is 0 Å². The fourth-order valence-electron chi connectivity index (χ4n) is 3.20. The summed E-state index contributed by atoms with van der Waals surface area (Å²) in [6.07, 6.45) is 0.395. The Morgan fingerprint density at radius 1 is 1.15 bits per heavy atom. The van der Waals surface area contributed by atoms with Crippen LogP contribution in [0.3, 0.4) is 0 Å². The van der Waals surface area contributed by atoms with E-state index in [4.69, 9.17) is 9.84 Å². The minimum absolute atomic E-state index is 0.326. The van der Waals surface area contributed by atoms with Crippen LogP contribution in [-0.4, -0.2) is 52.7 Å². The average molecular weight is 376 g/mol. The van der Waals surface area contributed by atoms with Gasteiger partial charge in [-0.3, -0.25) is 9.59 Å². The Kier molecular flexibility index (Phi) is 6.13. The molecule has 7 heteroatoms. The zero-order valence-corrected chi connectivity index (χ0v) is 16.3. The molecule has 7 nitrogen and oxygen atoms in total. The van der Waals surface area contributed by atoms with E-state index in [1.807, 2.05) is 51.1 Å². The van der Waals surface area contributed by atoms with Gasteiger partial charge >= 0.3 is 12.1 Å². The summed E-state index contributed by atoms with van der Waals surface area (Å²) in [6, 6.07) is 8.32. The molecule has 0 radical (unpaired) electrons. The molecular weight excluding hydrogens is 348 g/mol. The molecule has 0 bridgehead atoms. The van der Waals surface area contributed by atoms with Crippen molar-refractivity contribution in [3.63, 3.8) is 0 Å². The van der Waals surface area contributed by atoms with Crippen molar-refractivity contribution < 1.29 is 24.2 Å². The summed E-state index contributed by atoms with van der Waals surface area (Å²) < 4.78 is 5.42. The van der Waals surface area contributed by atoms with Gasteiger partial charge in [0.1, 0.15) is 11.6 Å². The summed E-state index contributed by atoms with van der Waals surface area (Å²) in [7, 11) is 0. The van der Waals surface area contributed by atoms with Crippen molar-refractivity contribution in [3.05, 3.63) is 35.9 Å². The largest absolute Gasteiger partial charge is 0.480 e. The molecule has 1 aliphatic heterocycles.